The van der Waals surface area contributed by atoms with Gasteiger partial charge in [0.05, 0.1) is 18.6 Å². The zero-order valence-electron chi connectivity index (χ0n) is 16.2. The zero-order valence-corrected chi connectivity index (χ0v) is 17.1. The Kier molecular flexibility index (Phi) is 6.83. The SMILES string of the molecule is COc1ccc(S(=O)(=O)c2cc(CN(O)NC(=O)CC3CCCC3)ccn2)cc1. The Balaban J connectivity index is 1.65. The lowest BCUT2D eigenvalue weighted by Gasteiger charge is -2.17. The summed E-state index contributed by atoms with van der Waals surface area (Å²) in [6, 6.07) is 8.98. The average Bonchev–Trinajstić information content (AvgIpc) is 3.21. The summed E-state index contributed by atoms with van der Waals surface area (Å²) < 4.78 is 30.6. The summed E-state index contributed by atoms with van der Waals surface area (Å²) in [6.07, 6.45) is 6.10. The maximum absolute atomic E-state index is 12.8. The Hall–Kier alpha value is -2.49. The van der Waals surface area contributed by atoms with E-state index in [0.29, 0.717) is 28.8 Å². The van der Waals surface area contributed by atoms with Gasteiger partial charge in [-0.15, -0.1) is 0 Å². The molecule has 1 aliphatic carbocycles. The number of hydrogen-bond donors (Lipinski definition) is 2. The van der Waals surface area contributed by atoms with E-state index in [4.69, 9.17) is 4.74 Å². The van der Waals surface area contributed by atoms with Gasteiger partial charge in [0.1, 0.15) is 5.75 Å². The molecular weight excluding hydrogens is 394 g/mol. The number of nitrogens with one attached hydrogen (secondary N) is 1. The van der Waals surface area contributed by atoms with Crippen molar-refractivity contribution in [3.63, 3.8) is 0 Å². The molecule has 0 spiro atoms. The second-order valence-corrected chi connectivity index (χ2v) is 9.03. The number of nitrogens with zero attached hydrogens (tertiary/aromatic N) is 2. The van der Waals surface area contributed by atoms with Crippen molar-refractivity contribution < 1.29 is 23.2 Å². The van der Waals surface area contributed by atoms with E-state index < -0.39 is 9.84 Å². The molecule has 29 heavy (non-hydrogen) atoms. The summed E-state index contributed by atoms with van der Waals surface area (Å²) in [5, 5.41) is 10.6. The Morgan fingerprint density at radius 3 is 2.59 bits per heavy atom. The number of hydrazine groups is 1. The second kappa shape index (κ2) is 9.34. The number of aromatic nitrogens is 1. The minimum absolute atomic E-state index is 0.0654. The molecule has 156 valence electrons. The number of sulfone groups is 1. The molecular formula is C20H25N3O5S. The van der Waals surface area contributed by atoms with Crippen LogP contribution in [0.1, 0.15) is 37.7 Å². The highest BCUT2D eigenvalue weighted by molar-refractivity contribution is 7.91. The minimum Gasteiger partial charge on any atom is -0.497 e. The molecule has 0 saturated heterocycles. The van der Waals surface area contributed by atoms with E-state index in [1.54, 1.807) is 18.2 Å². The van der Waals surface area contributed by atoms with Gasteiger partial charge in [0.2, 0.25) is 15.7 Å². The molecule has 0 atom stereocenters. The number of rotatable bonds is 8. The first-order valence-corrected chi connectivity index (χ1v) is 11.0. The largest absolute Gasteiger partial charge is 0.497 e. The summed E-state index contributed by atoms with van der Waals surface area (Å²) in [7, 11) is -2.31. The number of carbonyl (C=O) groups is 1. The molecule has 2 N–H and O–H groups in total. The van der Waals surface area contributed by atoms with Crippen molar-refractivity contribution in [2.24, 2.45) is 5.92 Å². The highest BCUT2D eigenvalue weighted by Crippen LogP contribution is 2.27. The minimum atomic E-state index is -3.82. The van der Waals surface area contributed by atoms with Crippen molar-refractivity contribution in [2.75, 3.05) is 7.11 Å². The molecule has 0 bridgehead atoms. The van der Waals surface area contributed by atoms with E-state index in [0.717, 1.165) is 25.7 Å². The van der Waals surface area contributed by atoms with Crippen molar-refractivity contribution in [3.8, 4) is 5.75 Å². The third kappa shape index (κ3) is 5.53. The van der Waals surface area contributed by atoms with Crippen LogP contribution in [0.25, 0.3) is 0 Å². The predicted octanol–water partition coefficient (Wildman–Crippen LogP) is 2.73. The van der Waals surface area contributed by atoms with Crippen LogP contribution < -0.4 is 10.2 Å². The molecule has 1 amide bonds. The summed E-state index contributed by atoms with van der Waals surface area (Å²) >= 11 is 0. The lowest BCUT2D eigenvalue weighted by atomic mass is 10.0. The van der Waals surface area contributed by atoms with Gasteiger partial charge < -0.3 is 4.74 Å². The standard InChI is InChI=1S/C20H25N3O5S/c1-28-17-6-8-18(9-7-17)29(26,27)20-13-16(10-11-21-20)14-23(25)22-19(24)12-15-4-2-3-5-15/h6-11,13,15,25H,2-5,12,14H2,1H3,(H,22,24). The van der Waals surface area contributed by atoms with Gasteiger partial charge in [-0.05, 0) is 60.7 Å². The van der Waals surface area contributed by atoms with E-state index in [-0.39, 0.29) is 22.4 Å². The van der Waals surface area contributed by atoms with Crippen LogP contribution in [0.2, 0.25) is 0 Å². The normalized spacial score (nSPS) is 14.9. The van der Waals surface area contributed by atoms with Crippen molar-refractivity contribution in [1.82, 2.24) is 15.6 Å². The zero-order chi connectivity index (χ0) is 20.9. The molecule has 0 unspecified atom stereocenters. The smallest absolute Gasteiger partial charge is 0.236 e. The number of hydroxylamine groups is 1. The topological polar surface area (TPSA) is 109 Å². The van der Waals surface area contributed by atoms with Crippen LogP contribution in [0.5, 0.6) is 5.75 Å². The highest BCUT2D eigenvalue weighted by atomic mass is 32.2. The van der Waals surface area contributed by atoms with Crippen LogP contribution in [-0.4, -0.2) is 36.8 Å². The third-order valence-corrected chi connectivity index (χ3v) is 6.65. The fraction of sp³-hybridized carbons (Fsp3) is 0.400. The number of carbonyl (C=O) groups excluding carboxylic acids is 1. The van der Waals surface area contributed by atoms with Crippen LogP contribution in [0, 0.1) is 5.92 Å². The van der Waals surface area contributed by atoms with Crippen LogP contribution in [0.15, 0.2) is 52.5 Å². The van der Waals surface area contributed by atoms with Gasteiger partial charge >= 0.3 is 0 Å². The lowest BCUT2D eigenvalue weighted by Crippen LogP contribution is -2.39. The Labute approximate surface area is 170 Å². The van der Waals surface area contributed by atoms with Crippen molar-refractivity contribution in [1.29, 1.82) is 0 Å². The number of amides is 1. The number of ether oxygens (including phenoxy) is 1. The first-order chi connectivity index (χ1) is 13.9. The number of pyridine rings is 1. The number of benzene rings is 1. The summed E-state index contributed by atoms with van der Waals surface area (Å²) in [5.74, 6) is 0.667. The van der Waals surface area contributed by atoms with Gasteiger partial charge in [0.25, 0.3) is 0 Å². The monoisotopic (exact) mass is 419 g/mol. The fourth-order valence-corrected chi connectivity index (χ4v) is 4.69. The predicted molar refractivity (Wildman–Crippen MR) is 105 cm³/mol. The molecule has 2 aromatic rings. The van der Waals surface area contributed by atoms with Gasteiger partial charge in [0, 0.05) is 12.6 Å². The van der Waals surface area contributed by atoms with E-state index in [1.807, 2.05) is 0 Å². The van der Waals surface area contributed by atoms with Gasteiger partial charge in [-0.1, -0.05) is 18.0 Å². The third-order valence-electron chi connectivity index (χ3n) is 4.98. The molecule has 1 aromatic heterocycles. The van der Waals surface area contributed by atoms with Gasteiger partial charge in [-0.2, -0.15) is 0 Å². The Morgan fingerprint density at radius 1 is 1.24 bits per heavy atom. The molecule has 0 aliphatic heterocycles. The van der Waals surface area contributed by atoms with Crippen LogP contribution in [0.3, 0.4) is 0 Å². The summed E-state index contributed by atoms with van der Waals surface area (Å²) in [5.41, 5.74) is 2.92. The van der Waals surface area contributed by atoms with Gasteiger partial charge in [0.15, 0.2) is 5.03 Å². The Bertz CT molecular complexity index is 941. The summed E-state index contributed by atoms with van der Waals surface area (Å²) in [4.78, 5) is 16.1. The van der Waals surface area contributed by atoms with Crippen molar-refractivity contribution >= 4 is 15.7 Å². The maximum atomic E-state index is 12.8. The molecule has 9 heteroatoms. The molecule has 8 nitrogen and oxygen atoms in total. The quantitative estimate of drug-likeness (QED) is 0.633. The lowest BCUT2D eigenvalue weighted by molar-refractivity contribution is -0.166. The van der Waals surface area contributed by atoms with Crippen LogP contribution in [-0.2, 0) is 21.2 Å². The maximum Gasteiger partial charge on any atom is 0.236 e. The first-order valence-electron chi connectivity index (χ1n) is 9.48. The molecule has 1 aromatic carbocycles. The molecule has 0 radical (unpaired) electrons. The van der Waals surface area contributed by atoms with Gasteiger partial charge in [-0.25, -0.2) is 13.4 Å². The molecule has 3 rings (SSSR count). The molecule has 1 aliphatic rings. The van der Waals surface area contributed by atoms with E-state index in [2.05, 4.69) is 10.4 Å². The second-order valence-electron chi connectivity index (χ2n) is 7.13. The van der Waals surface area contributed by atoms with Crippen LogP contribution >= 0.6 is 0 Å². The van der Waals surface area contributed by atoms with Gasteiger partial charge in [-0.3, -0.25) is 15.4 Å². The first kappa shape index (κ1) is 21.2. The number of methoxy groups -OCH3 is 1. The Morgan fingerprint density at radius 2 is 1.93 bits per heavy atom. The number of hydrogen-bond acceptors (Lipinski definition) is 7. The molecule has 1 heterocycles. The van der Waals surface area contributed by atoms with E-state index in [9.17, 15) is 18.4 Å². The molecule has 1 fully saturated rings. The van der Waals surface area contributed by atoms with E-state index in [1.165, 1.54) is 31.5 Å². The van der Waals surface area contributed by atoms with E-state index >= 15 is 0 Å². The van der Waals surface area contributed by atoms with Crippen LogP contribution in [0.4, 0.5) is 0 Å². The highest BCUT2D eigenvalue weighted by Gasteiger charge is 2.21. The fourth-order valence-electron chi connectivity index (χ4n) is 3.45. The van der Waals surface area contributed by atoms with Crippen molar-refractivity contribution in [3.05, 3.63) is 48.2 Å². The summed E-state index contributed by atoms with van der Waals surface area (Å²) in [6.45, 7) is -0.0654. The molecule has 1 saturated carbocycles. The average molecular weight is 420 g/mol. The van der Waals surface area contributed by atoms with Crippen molar-refractivity contribution in [2.45, 2.75) is 48.6 Å².